The molecular weight excluding hydrogens is 618 g/mol. The average molecular weight is 676 g/mol. The first-order valence-electron chi connectivity index (χ1n) is 17.3. The van der Waals surface area contributed by atoms with Gasteiger partial charge in [-0.05, 0) is 84.1 Å². The first kappa shape index (κ1) is 37.1. The molecule has 0 bridgehead atoms. The van der Waals surface area contributed by atoms with E-state index in [9.17, 15) is 27.9 Å². The van der Waals surface area contributed by atoms with Crippen molar-refractivity contribution in [2.75, 3.05) is 32.4 Å². The first-order chi connectivity index (χ1) is 22.0. The largest absolute Gasteiger partial charge is 0.390 e. The highest BCUT2D eigenvalue weighted by Gasteiger charge is 2.46. The molecule has 11 nitrogen and oxygen atoms in total. The third-order valence-electron chi connectivity index (χ3n) is 10.4. The van der Waals surface area contributed by atoms with Crippen LogP contribution in [0, 0.1) is 11.8 Å². The Hall–Kier alpha value is -2.70. The maximum Gasteiger partial charge on any atom is 0.318 e. The predicted octanol–water partition coefficient (Wildman–Crippen LogP) is 2.87. The van der Waals surface area contributed by atoms with Crippen molar-refractivity contribution in [1.82, 2.24) is 25.8 Å². The summed E-state index contributed by atoms with van der Waals surface area (Å²) >= 11 is 0. The molecule has 2 saturated heterocycles. The Morgan fingerprint density at radius 3 is 2.15 bits per heavy atom. The predicted molar refractivity (Wildman–Crippen MR) is 183 cm³/mol. The molecule has 4 amide bonds. The third-order valence-corrected chi connectivity index (χ3v) is 12.5. The lowest BCUT2D eigenvalue weighted by molar-refractivity contribution is -0.133. The zero-order chi connectivity index (χ0) is 34.6. The number of fused-ring (bicyclic) bond motifs is 1. The number of sulfone groups is 1. The molecule has 0 aromatic heterocycles. The van der Waals surface area contributed by atoms with Crippen LogP contribution in [-0.4, -0.2) is 108 Å². The number of amides is 4. The fourth-order valence-corrected chi connectivity index (χ4v) is 7.91. The molecule has 0 spiro atoms. The average Bonchev–Trinajstić information content (AvgIpc) is 3.53. The molecule has 264 valence electrons. The maximum atomic E-state index is 14.1. The summed E-state index contributed by atoms with van der Waals surface area (Å²) in [7, 11) is -3.81. The van der Waals surface area contributed by atoms with Crippen molar-refractivity contribution in [2.45, 2.75) is 121 Å². The molecule has 6 atom stereocenters. The van der Waals surface area contributed by atoms with Crippen LogP contribution in [0.15, 0.2) is 30.3 Å². The minimum atomic E-state index is -3.81. The van der Waals surface area contributed by atoms with E-state index in [1.165, 1.54) is 20.3 Å². The second-order valence-corrected chi connectivity index (χ2v) is 18.2. The van der Waals surface area contributed by atoms with Gasteiger partial charge in [-0.1, -0.05) is 49.6 Å². The number of β-amino-alcohol motifs (C(OH)–C–C–N with tert-alkyl or cyclic N) is 1. The smallest absolute Gasteiger partial charge is 0.318 e. The highest BCUT2D eigenvalue weighted by molar-refractivity contribution is 7.92. The number of hydrogen-bond donors (Lipinski definition) is 4. The molecule has 47 heavy (non-hydrogen) atoms. The summed E-state index contributed by atoms with van der Waals surface area (Å²) in [5, 5.41) is 20.7. The number of likely N-dealkylation sites (tertiary alicyclic amines) is 2. The van der Waals surface area contributed by atoms with Crippen LogP contribution in [-0.2, 0) is 25.8 Å². The van der Waals surface area contributed by atoms with Gasteiger partial charge in [-0.25, -0.2) is 13.2 Å². The molecule has 2 unspecified atom stereocenters. The number of nitrogens with zero attached hydrogens (tertiary/aromatic N) is 2. The standard InChI is InChI=1S/C35H57N5O6S/c1-34(2,3)38-31(42)28-21-25-16-10-11-17-26(25)22-40(28)23-29(41)27(20-24-14-8-7-9-15-24)36-32(43)30(35(4,5)47(6,45)46)37-33(44)39-18-12-13-19-39/h7-9,14-15,25-30,41H,10-13,16-23H2,1-6H3,(H,36,43)(H,37,44)(H,38,42)/t25?,26?,27-,28-,29+,30+/m0/s1. The molecular formula is C35H57N5O6S. The van der Waals surface area contributed by atoms with Crippen molar-refractivity contribution in [3.63, 3.8) is 0 Å². The lowest BCUT2D eigenvalue weighted by Crippen LogP contribution is -2.65. The van der Waals surface area contributed by atoms with Crippen LogP contribution >= 0.6 is 0 Å². The van der Waals surface area contributed by atoms with Gasteiger partial charge in [-0.3, -0.25) is 14.5 Å². The second-order valence-electron chi connectivity index (χ2n) is 15.6. The third kappa shape index (κ3) is 9.69. The minimum absolute atomic E-state index is 0.0584. The molecule has 1 saturated carbocycles. The topological polar surface area (TPSA) is 148 Å². The number of nitrogens with one attached hydrogen (secondary N) is 3. The van der Waals surface area contributed by atoms with Crippen LogP contribution in [0.2, 0.25) is 0 Å². The number of carbonyl (C=O) groups is 3. The van der Waals surface area contributed by atoms with E-state index in [0.717, 1.165) is 50.3 Å². The Morgan fingerprint density at radius 1 is 0.936 bits per heavy atom. The van der Waals surface area contributed by atoms with Gasteiger partial charge < -0.3 is 26.0 Å². The molecule has 2 aliphatic heterocycles. The monoisotopic (exact) mass is 675 g/mol. The first-order valence-corrected chi connectivity index (χ1v) is 19.2. The van der Waals surface area contributed by atoms with Crippen molar-refractivity contribution >= 4 is 27.7 Å². The number of benzene rings is 1. The lowest BCUT2D eigenvalue weighted by atomic mass is 9.72. The van der Waals surface area contributed by atoms with E-state index in [-0.39, 0.29) is 18.9 Å². The minimum Gasteiger partial charge on any atom is -0.390 e. The molecule has 1 aliphatic carbocycles. The van der Waals surface area contributed by atoms with Gasteiger partial charge in [0.1, 0.15) is 6.04 Å². The summed E-state index contributed by atoms with van der Waals surface area (Å²) in [5.41, 5.74) is 0.472. The Bertz CT molecular complexity index is 1340. The molecule has 4 N–H and O–H groups in total. The summed E-state index contributed by atoms with van der Waals surface area (Å²) in [6, 6.07) is 6.36. The molecule has 2 heterocycles. The Balaban J connectivity index is 1.60. The highest BCUT2D eigenvalue weighted by Crippen LogP contribution is 2.39. The number of carbonyl (C=O) groups excluding carboxylic acids is 3. The van der Waals surface area contributed by atoms with Crippen LogP contribution in [0.25, 0.3) is 0 Å². The fraction of sp³-hybridized carbons (Fsp3) is 0.743. The van der Waals surface area contributed by atoms with E-state index in [1.807, 2.05) is 51.1 Å². The normalized spacial score (nSPS) is 24.5. The van der Waals surface area contributed by atoms with Crippen molar-refractivity contribution in [2.24, 2.45) is 11.8 Å². The SMILES string of the molecule is CC(C)(C)NC(=O)[C@@H]1CC2CCCCC2CN1C[C@@H](O)[C@H](Cc1ccccc1)NC(=O)[C@@H](NC(=O)N1CCCC1)C(C)(C)S(C)(=O)=O. The van der Waals surface area contributed by atoms with Crippen LogP contribution in [0.1, 0.15) is 85.1 Å². The van der Waals surface area contributed by atoms with Gasteiger partial charge in [-0.15, -0.1) is 0 Å². The van der Waals surface area contributed by atoms with E-state index in [1.54, 1.807) is 4.90 Å². The van der Waals surface area contributed by atoms with Crippen molar-refractivity contribution in [1.29, 1.82) is 0 Å². The fourth-order valence-electron chi connectivity index (χ4n) is 7.32. The lowest BCUT2D eigenvalue weighted by Gasteiger charge is -2.47. The quantitative estimate of drug-likeness (QED) is 0.282. The maximum absolute atomic E-state index is 14.1. The number of aliphatic hydroxyl groups excluding tert-OH is 1. The molecule has 12 heteroatoms. The summed E-state index contributed by atoms with van der Waals surface area (Å²) in [5.74, 6) is 0.168. The summed E-state index contributed by atoms with van der Waals surface area (Å²) < 4.78 is 24.3. The summed E-state index contributed by atoms with van der Waals surface area (Å²) in [4.78, 5) is 44.6. The number of hydrogen-bond acceptors (Lipinski definition) is 7. The number of urea groups is 1. The Labute approximate surface area is 281 Å². The van der Waals surface area contributed by atoms with Gasteiger partial charge in [0.2, 0.25) is 11.8 Å². The highest BCUT2D eigenvalue weighted by atomic mass is 32.2. The van der Waals surface area contributed by atoms with Crippen molar-refractivity contribution < 1.29 is 27.9 Å². The van der Waals surface area contributed by atoms with Crippen LogP contribution in [0.4, 0.5) is 4.79 Å². The number of piperidine rings is 1. The van der Waals surface area contributed by atoms with Crippen molar-refractivity contribution in [3.8, 4) is 0 Å². The molecule has 1 aromatic carbocycles. The van der Waals surface area contributed by atoms with Crippen LogP contribution in [0.3, 0.4) is 0 Å². The Morgan fingerprint density at radius 2 is 1.55 bits per heavy atom. The van der Waals surface area contributed by atoms with E-state index in [4.69, 9.17) is 0 Å². The summed E-state index contributed by atoms with van der Waals surface area (Å²) in [6.07, 6.45) is 7.19. The van der Waals surface area contributed by atoms with E-state index < -0.39 is 56.3 Å². The van der Waals surface area contributed by atoms with Gasteiger partial charge in [0.05, 0.1) is 22.9 Å². The van der Waals surface area contributed by atoms with Crippen LogP contribution < -0.4 is 16.0 Å². The van der Waals surface area contributed by atoms with E-state index in [2.05, 4.69) is 20.9 Å². The van der Waals surface area contributed by atoms with Gasteiger partial charge in [0, 0.05) is 38.0 Å². The molecule has 3 fully saturated rings. The zero-order valence-electron chi connectivity index (χ0n) is 29.1. The Kier molecular flexibility index (Phi) is 12.0. The van der Waals surface area contributed by atoms with Crippen molar-refractivity contribution in [3.05, 3.63) is 35.9 Å². The summed E-state index contributed by atoms with van der Waals surface area (Å²) in [6.45, 7) is 10.7. The molecule has 4 rings (SSSR count). The van der Waals surface area contributed by atoms with E-state index >= 15 is 0 Å². The molecule has 0 radical (unpaired) electrons. The number of rotatable bonds is 11. The van der Waals surface area contributed by atoms with Gasteiger partial charge in [0.15, 0.2) is 9.84 Å². The van der Waals surface area contributed by atoms with Gasteiger partial charge >= 0.3 is 6.03 Å². The molecule has 1 aromatic rings. The van der Waals surface area contributed by atoms with Crippen LogP contribution in [0.5, 0.6) is 0 Å². The van der Waals surface area contributed by atoms with E-state index in [0.29, 0.717) is 31.5 Å². The second kappa shape index (κ2) is 15.2. The van der Waals surface area contributed by atoms with Gasteiger partial charge in [-0.2, -0.15) is 0 Å². The number of aliphatic hydroxyl groups is 1. The molecule has 3 aliphatic rings. The van der Waals surface area contributed by atoms with Gasteiger partial charge in [0.25, 0.3) is 0 Å². The zero-order valence-corrected chi connectivity index (χ0v) is 29.9.